The van der Waals surface area contributed by atoms with Crippen LogP contribution in [-0.2, 0) is 57.5 Å². The molecule has 10 rings (SSSR count). The number of ether oxygens (including phenoxy) is 2. The second kappa shape index (κ2) is 204. The van der Waals surface area contributed by atoms with Crippen molar-refractivity contribution >= 4 is 47.5 Å². The monoisotopic (exact) mass is 1880 g/mol. The summed E-state index contributed by atoms with van der Waals surface area (Å²) in [6.45, 7) is 121. The van der Waals surface area contributed by atoms with Crippen LogP contribution >= 0.6 is 0 Å². The summed E-state index contributed by atoms with van der Waals surface area (Å²) in [4.78, 5) is 103. The van der Waals surface area contributed by atoms with Crippen molar-refractivity contribution in [3.63, 3.8) is 0 Å². The number of nitrogens with zero attached hydrogens (tertiary/aromatic N) is 3. The molecule has 2 heterocycles. The molecule has 2 saturated heterocycles. The Kier molecular flexibility index (Phi) is 297. The predicted molar refractivity (Wildman–Crippen MR) is 596 cm³/mol. The highest BCUT2D eigenvalue weighted by Crippen LogP contribution is 2.28. The maximum atomic E-state index is 11.5. The van der Waals surface area contributed by atoms with Crippen LogP contribution in [0.2, 0.25) is 0 Å². The summed E-state index contributed by atoms with van der Waals surface area (Å²) >= 11 is 0. The smallest absolute Gasteiger partial charge is 0.333 e. The number of carbonyl (C=O) groups is 8. The Hall–Kier alpha value is -3.96. The standard InChI is InChI=1S/C17H18N2O12.C8H21N3.8C5H10.24C2H6/c20-10-1-2-11(21)18(10)30-16(26)7-5-14(24)28-9-29-15(25)6-8-17(27)31-19-12(22)3-4-13(19)23;1-3-5-10-6-8-11(2)7-4-9;8*1-5-3-2-4-5;24*1-2/h1-9H2;10H,3-9H2,1-2H3;8*5H,2-4H2,1H3;24*1-2H3. The summed E-state index contributed by atoms with van der Waals surface area (Å²) in [6.07, 6.45) is 34.7. The Morgan fingerprint density at radius 3 is 0.546 bits per heavy atom. The quantitative estimate of drug-likeness (QED) is 0.0598. The first kappa shape index (κ1) is 189. The van der Waals surface area contributed by atoms with E-state index in [9.17, 15) is 38.4 Å². The lowest BCUT2D eigenvalue weighted by atomic mass is 9.88. The molecular weight excluding hydrogens is 1620 g/mol. The maximum absolute atomic E-state index is 11.5. The molecule has 17 nitrogen and oxygen atoms in total. The molecule has 0 atom stereocenters. The van der Waals surface area contributed by atoms with Gasteiger partial charge in [-0.25, -0.2) is 9.59 Å². The van der Waals surface area contributed by atoms with E-state index < -0.39 is 80.0 Å². The molecule has 3 N–H and O–H groups in total. The van der Waals surface area contributed by atoms with Crippen molar-refractivity contribution in [1.29, 1.82) is 0 Å². The normalized spacial score (nSPS) is 13.8. The predicted octanol–water partition coefficient (Wildman–Crippen LogP) is 37.8. The minimum Gasteiger partial charge on any atom is -0.428 e. The molecule has 2 aliphatic heterocycles. The first-order chi connectivity index (χ1) is 63.1. The molecule has 812 valence electrons. The summed E-state index contributed by atoms with van der Waals surface area (Å²) < 4.78 is 9.13. The van der Waals surface area contributed by atoms with Crippen LogP contribution in [0.5, 0.6) is 0 Å². The van der Waals surface area contributed by atoms with Crippen molar-refractivity contribution in [2.45, 2.75) is 607 Å². The molecular formula is C113H263N5O12. The first-order valence-corrected chi connectivity index (χ1v) is 56.7. The van der Waals surface area contributed by atoms with Gasteiger partial charge in [0.1, 0.15) is 0 Å². The summed E-state index contributed by atoms with van der Waals surface area (Å²) in [5, 5.41) is 4.03. The fraction of sp³-hybridized carbons (Fsp3) is 0.929. The zero-order valence-electron chi connectivity index (χ0n) is 102. The zero-order valence-corrected chi connectivity index (χ0v) is 102. The van der Waals surface area contributed by atoms with Crippen LogP contribution in [0.25, 0.3) is 0 Å². The van der Waals surface area contributed by atoms with Crippen molar-refractivity contribution in [3.05, 3.63) is 0 Å². The highest BCUT2D eigenvalue weighted by Gasteiger charge is 2.34. The number of amides is 4. The fourth-order valence-corrected chi connectivity index (χ4v) is 8.13. The van der Waals surface area contributed by atoms with Crippen molar-refractivity contribution in [1.82, 2.24) is 20.3 Å². The molecule has 0 aromatic heterocycles. The molecule has 8 aliphatic carbocycles. The Labute approximate surface area is 827 Å². The van der Waals surface area contributed by atoms with Gasteiger partial charge in [-0.05, 0) is 67.4 Å². The molecule has 10 fully saturated rings. The van der Waals surface area contributed by atoms with Crippen molar-refractivity contribution < 1.29 is 57.5 Å². The second-order valence-corrected chi connectivity index (χ2v) is 25.4. The summed E-state index contributed by atoms with van der Waals surface area (Å²) in [5.41, 5.74) is 5.40. The van der Waals surface area contributed by atoms with E-state index in [0.717, 1.165) is 80.1 Å². The van der Waals surface area contributed by atoms with Crippen molar-refractivity contribution in [2.24, 2.45) is 53.1 Å². The van der Waals surface area contributed by atoms with E-state index in [1.807, 2.05) is 332 Å². The molecule has 0 radical (unpaired) electrons. The highest BCUT2D eigenvalue weighted by atomic mass is 16.7. The third-order valence-corrected chi connectivity index (χ3v) is 16.7. The summed E-state index contributed by atoms with van der Waals surface area (Å²) in [7, 11) is 2.10. The topological polar surface area (TPSA) is 221 Å². The number of nitrogens with two attached hydrogens (primary N) is 1. The molecule has 0 bridgehead atoms. The van der Waals surface area contributed by atoms with Gasteiger partial charge in [-0.2, -0.15) is 0 Å². The van der Waals surface area contributed by atoms with E-state index in [2.05, 4.69) is 98.7 Å². The third-order valence-electron chi connectivity index (χ3n) is 16.7. The number of hydrogen-bond acceptors (Lipinski definition) is 15. The van der Waals surface area contributed by atoms with Crippen molar-refractivity contribution in [3.8, 4) is 0 Å². The van der Waals surface area contributed by atoms with Gasteiger partial charge in [-0.15, -0.1) is 10.1 Å². The lowest BCUT2D eigenvalue weighted by Gasteiger charge is -2.18. The van der Waals surface area contributed by atoms with E-state index in [1.54, 1.807) is 0 Å². The average molecular weight is 1880 g/mol. The van der Waals surface area contributed by atoms with Gasteiger partial charge in [0.2, 0.25) is 6.79 Å². The van der Waals surface area contributed by atoms with E-state index in [4.69, 9.17) is 5.73 Å². The van der Waals surface area contributed by atoms with Crippen LogP contribution in [0.15, 0.2) is 0 Å². The number of rotatable bonds is 17. The maximum Gasteiger partial charge on any atom is 0.333 e. The Balaban J connectivity index is -0.0000000441. The van der Waals surface area contributed by atoms with Gasteiger partial charge >= 0.3 is 23.9 Å². The molecule has 0 aromatic carbocycles. The Bertz CT molecular complexity index is 1520. The van der Waals surface area contributed by atoms with Crippen LogP contribution in [0.4, 0.5) is 0 Å². The van der Waals surface area contributed by atoms with E-state index >= 15 is 0 Å². The van der Waals surface area contributed by atoms with Crippen LogP contribution in [-0.4, -0.2) is 109 Å². The number of nitrogens with one attached hydrogen (secondary N) is 1. The van der Waals surface area contributed by atoms with Crippen LogP contribution in [0.3, 0.4) is 0 Å². The number of esters is 2. The van der Waals surface area contributed by atoms with E-state index in [0.29, 0.717) is 10.1 Å². The second-order valence-electron chi connectivity index (χ2n) is 25.4. The zero-order chi connectivity index (χ0) is 109. The lowest BCUT2D eigenvalue weighted by Crippen LogP contribution is -2.32. The minimum atomic E-state index is -0.994. The van der Waals surface area contributed by atoms with E-state index in [1.165, 1.54) is 161 Å². The molecule has 0 unspecified atom stereocenters. The van der Waals surface area contributed by atoms with Crippen LogP contribution < -0.4 is 11.1 Å². The van der Waals surface area contributed by atoms with Gasteiger partial charge in [0.15, 0.2) is 0 Å². The number of likely N-dealkylation sites (N-methyl/N-ethyl adjacent to an activating group) is 1. The molecule has 4 amide bonds. The van der Waals surface area contributed by atoms with Crippen LogP contribution in [0, 0.1) is 47.3 Å². The highest BCUT2D eigenvalue weighted by molar-refractivity contribution is 6.02. The number of imide groups is 2. The van der Waals surface area contributed by atoms with Gasteiger partial charge < -0.3 is 35.1 Å². The van der Waals surface area contributed by atoms with Gasteiger partial charge in [-0.3, -0.25) is 28.8 Å². The molecule has 130 heavy (non-hydrogen) atoms. The fourth-order valence-electron chi connectivity index (χ4n) is 8.13. The molecule has 10 aliphatic rings. The van der Waals surface area contributed by atoms with Crippen molar-refractivity contribution in [2.75, 3.05) is 46.6 Å². The van der Waals surface area contributed by atoms with E-state index in [-0.39, 0.29) is 25.7 Å². The first-order valence-electron chi connectivity index (χ1n) is 56.7. The number of carbonyl (C=O) groups excluding carboxylic acids is 8. The van der Waals surface area contributed by atoms with Crippen LogP contribution in [0.1, 0.15) is 607 Å². The molecule has 17 heteroatoms. The SMILES string of the molecule is CC.CC.CC.CC.CC.CC.CC.CC.CC.CC.CC.CC.CC.CC.CC.CC.CC.CC.CC.CC.CC.CC.CC.CC.CC1CCC1.CC1CCC1.CC1CCC1.CC1CCC1.CC1CCC1.CC1CCC1.CC1CCC1.CC1CCC1.CCCNCCN(C)CCN.O=C(CCC(=O)ON1C(=O)CCC1=O)OCOC(=O)CCC(=O)ON1C(=O)CCC1=O. The molecule has 0 aromatic rings. The third kappa shape index (κ3) is 177. The summed E-state index contributed by atoms with van der Waals surface area (Å²) in [5.74, 6) is 2.06. The summed E-state index contributed by atoms with van der Waals surface area (Å²) in [6, 6.07) is 0. The van der Waals surface area contributed by atoms with Gasteiger partial charge in [-0.1, -0.05) is 549 Å². The molecule has 0 spiro atoms. The average Bonchev–Trinajstić information content (AvgIpc) is 1.74. The van der Waals surface area contributed by atoms with Gasteiger partial charge in [0.25, 0.3) is 23.6 Å². The minimum absolute atomic E-state index is 0.0637. The Morgan fingerprint density at radius 2 is 0.423 bits per heavy atom. The Morgan fingerprint density at radius 1 is 0.277 bits per heavy atom. The lowest BCUT2D eigenvalue weighted by molar-refractivity contribution is -0.198. The number of hydrogen-bond donors (Lipinski definition) is 2. The van der Waals surface area contributed by atoms with Gasteiger partial charge in [0.05, 0.1) is 25.7 Å². The van der Waals surface area contributed by atoms with Gasteiger partial charge in [0, 0.05) is 51.9 Å². The molecule has 8 saturated carbocycles. The number of hydroxylamine groups is 4. The largest absolute Gasteiger partial charge is 0.428 e.